The maximum Gasteiger partial charge on any atom is 0.333 e. The van der Waals surface area contributed by atoms with Gasteiger partial charge < -0.3 is 10.2 Å². The second-order valence-electron chi connectivity index (χ2n) is 7.75. The molecule has 0 saturated heterocycles. The number of nitrogens with two attached hydrogens (primary N) is 1. The average Bonchev–Trinajstić information content (AvgIpc) is 2.88. The zero-order chi connectivity index (χ0) is 24.8. The van der Waals surface area contributed by atoms with Gasteiger partial charge in [0, 0.05) is 57.8 Å². The Morgan fingerprint density at radius 3 is 2.31 bits per heavy atom. The first-order valence-corrected chi connectivity index (χ1v) is 12.4. The highest BCUT2D eigenvalue weighted by atomic mass is 35.5. The highest BCUT2D eigenvalue weighted by Gasteiger charge is 2.18. The van der Waals surface area contributed by atoms with E-state index in [0.717, 1.165) is 39.0 Å². The number of rotatable bonds is 8. The third-order valence-corrected chi connectivity index (χ3v) is 6.26. The highest BCUT2D eigenvalue weighted by Crippen LogP contribution is 2.40. The van der Waals surface area contributed by atoms with Crippen LogP contribution in [0.4, 0.5) is 16.2 Å². The number of benzene rings is 3. The van der Waals surface area contributed by atoms with Crippen molar-refractivity contribution in [3.05, 3.63) is 77.8 Å². The van der Waals surface area contributed by atoms with Crippen molar-refractivity contribution in [3.8, 4) is 22.4 Å². The highest BCUT2D eigenvalue weighted by molar-refractivity contribution is 6.33. The molecule has 0 aliphatic heterocycles. The summed E-state index contributed by atoms with van der Waals surface area (Å²) < 4.78 is 0. The van der Waals surface area contributed by atoms with E-state index in [0.29, 0.717) is 35.6 Å². The van der Waals surface area contributed by atoms with E-state index in [1.54, 1.807) is 0 Å². The molecule has 4 aromatic rings. The van der Waals surface area contributed by atoms with Gasteiger partial charge >= 0.3 is 6.03 Å². The number of anilines is 2. The van der Waals surface area contributed by atoms with Gasteiger partial charge in [0.25, 0.3) is 0 Å². The van der Waals surface area contributed by atoms with E-state index in [4.69, 9.17) is 45.6 Å². The lowest BCUT2D eigenvalue weighted by Gasteiger charge is -2.27. The van der Waals surface area contributed by atoms with Crippen molar-refractivity contribution in [2.75, 3.05) is 35.1 Å². The third kappa shape index (κ3) is 5.63. The Labute approximate surface area is 219 Å². The molecule has 0 aliphatic carbocycles. The molecule has 1 aromatic heterocycles. The van der Waals surface area contributed by atoms with E-state index in [1.807, 2.05) is 72.8 Å². The minimum atomic E-state index is -0.515. The second-order valence-corrected chi connectivity index (χ2v) is 8.91. The van der Waals surface area contributed by atoms with Gasteiger partial charge in [0.1, 0.15) is 0 Å². The summed E-state index contributed by atoms with van der Waals surface area (Å²) in [4.78, 5) is 18.9. The number of urea groups is 1. The van der Waals surface area contributed by atoms with Crippen LogP contribution in [0.2, 0.25) is 5.02 Å². The zero-order valence-electron chi connectivity index (χ0n) is 18.8. The van der Waals surface area contributed by atoms with Crippen LogP contribution in [0.1, 0.15) is 0 Å². The lowest BCUT2D eigenvalue weighted by atomic mass is 9.96. The fraction of sp³-hybridized carbons (Fsp3) is 0.154. The van der Waals surface area contributed by atoms with E-state index in [-0.39, 0.29) is 0 Å². The Hall–Kier alpha value is -3.03. The van der Waals surface area contributed by atoms with Crippen LogP contribution < -0.4 is 21.5 Å². The van der Waals surface area contributed by atoms with Crippen LogP contribution in [0.3, 0.4) is 0 Å². The molecule has 2 amide bonds. The summed E-state index contributed by atoms with van der Waals surface area (Å²) in [6.45, 7) is 1.22. The van der Waals surface area contributed by atoms with Crippen LogP contribution >= 0.6 is 34.8 Å². The molecule has 4 N–H and O–H groups in total. The number of halogens is 3. The number of hydrogen-bond acceptors (Lipinski definition) is 4. The maximum absolute atomic E-state index is 11.9. The molecule has 0 saturated carbocycles. The topological polar surface area (TPSA) is 83.3 Å². The minimum Gasteiger partial charge on any atom is -0.369 e. The van der Waals surface area contributed by atoms with Gasteiger partial charge in [-0.05, 0) is 42.0 Å². The van der Waals surface area contributed by atoms with Crippen molar-refractivity contribution in [1.82, 2.24) is 10.4 Å². The van der Waals surface area contributed by atoms with Gasteiger partial charge in [0.05, 0.1) is 11.2 Å². The maximum atomic E-state index is 11.9. The first-order chi connectivity index (χ1) is 17.0. The van der Waals surface area contributed by atoms with E-state index in [2.05, 4.69) is 15.6 Å². The van der Waals surface area contributed by atoms with Crippen LogP contribution in [0.5, 0.6) is 0 Å². The smallest absolute Gasteiger partial charge is 0.333 e. The summed E-state index contributed by atoms with van der Waals surface area (Å²) in [7, 11) is 0. The molecule has 180 valence electrons. The number of nitrogens with zero attached hydrogens (tertiary/aromatic N) is 2. The number of hydrogen-bond donors (Lipinski definition) is 3. The van der Waals surface area contributed by atoms with Gasteiger partial charge in [-0.25, -0.2) is 15.6 Å². The van der Waals surface area contributed by atoms with Crippen LogP contribution in [-0.2, 0) is 0 Å². The zero-order valence-corrected chi connectivity index (χ0v) is 21.0. The van der Waals surface area contributed by atoms with Crippen LogP contribution in [0.15, 0.2) is 72.8 Å². The van der Waals surface area contributed by atoms with Gasteiger partial charge in [-0.1, -0.05) is 48.0 Å². The Balaban J connectivity index is 2.00. The lowest BCUT2D eigenvalue weighted by molar-refractivity contribution is 0.252. The molecule has 0 fully saturated rings. The molecule has 9 heteroatoms. The molecule has 0 bridgehead atoms. The largest absolute Gasteiger partial charge is 0.369 e. The Kier molecular flexibility index (Phi) is 8.31. The molecule has 4 rings (SSSR count). The molecule has 0 unspecified atom stereocenters. The number of carbonyl (C=O) groups is 1. The number of para-hydroxylation sites is 1. The van der Waals surface area contributed by atoms with Gasteiger partial charge in [-0.15, -0.1) is 23.2 Å². The molecular formula is C26H24Cl3N5O. The van der Waals surface area contributed by atoms with Crippen molar-refractivity contribution in [2.24, 2.45) is 5.84 Å². The van der Waals surface area contributed by atoms with E-state index in [9.17, 15) is 4.79 Å². The van der Waals surface area contributed by atoms with Crippen LogP contribution in [-0.4, -0.2) is 35.9 Å². The molecular weight excluding hydrogens is 505 g/mol. The van der Waals surface area contributed by atoms with Gasteiger partial charge in [0.15, 0.2) is 0 Å². The molecule has 35 heavy (non-hydrogen) atoms. The standard InChI is InChI=1S/C26H24Cl3N5O/c27-11-13-34(14-12-28)25-10-9-17(31-26(35)33-30)15-21(25)20-16-24(19-6-1-3-7-22(19)29)32-23-8-4-2-5-18(20)23/h1-10,15-16H,11-14,30H2,(H2,31,33,35). The number of aromatic nitrogens is 1. The molecule has 3 aromatic carbocycles. The minimum absolute atomic E-state index is 0.438. The second kappa shape index (κ2) is 11.6. The van der Waals surface area contributed by atoms with Crippen molar-refractivity contribution >= 4 is 63.1 Å². The predicted octanol–water partition coefficient (Wildman–Crippen LogP) is 6.50. The van der Waals surface area contributed by atoms with Crippen LogP contribution in [0, 0.1) is 0 Å². The van der Waals surface area contributed by atoms with E-state index < -0.39 is 6.03 Å². The Bertz CT molecular complexity index is 1340. The van der Waals surface area contributed by atoms with Crippen molar-refractivity contribution < 1.29 is 4.79 Å². The van der Waals surface area contributed by atoms with Crippen molar-refractivity contribution in [3.63, 3.8) is 0 Å². The Morgan fingerprint density at radius 1 is 0.886 bits per heavy atom. The fourth-order valence-corrected chi connectivity index (χ4v) is 4.67. The summed E-state index contributed by atoms with van der Waals surface area (Å²) in [5, 5.41) is 4.33. The van der Waals surface area contributed by atoms with Gasteiger partial charge in [-0.3, -0.25) is 5.43 Å². The number of fused-ring (bicyclic) bond motifs is 1. The molecule has 1 heterocycles. The summed E-state index contributed by atoms with van der Waals surface area (Å²) >= 11 is 18.8. The molecule has 6 nitrogen and oxygen atoms in total. The van der Waals surface area contributed by atoms with Crippen LogP contribution in [0.25, 0.3) is 33.3 Å². The number of amides is 2. The molecule has 0 atom stereocenters. The number of pyridine rings is 1. The SMILES string of the molecule is NNC(=O)Nc1ccc(N(CCCl)CCCl)c(-c2cc(-c3ccccc3Cl)nc3ccccc23)c1. The summed E-state index contributed by atoms with van der Waals surface area (Å²) in [5.41, 5.74) is 7.85. The predicted molar refractivity (Wildman–Crippen MR) is 148 cm³/mol. The number of hydrazine groups is 1. The monoisotopic (exact) mass is 527 g/mol. The number of carbonyl (C=O) groups excluding carboxylic acids is 1. The summed E-state index contributed by atoms with van der Waals surface area (Å²) in [6, 6.07) is 22.7. The van der Waals surface area contributed by atoms with Crippen molar-refractivity contribution in [1.29, 1.82) is 0 Å². The molecule has 0 radical (unpaired) electrons. The van der Waals surface area contributed by atoms with E-state index >= 15 is 0 Å². The quantitative estimate of drug-likeness (QED) is 0.105. The number of nitrogens with one attached hydrogen (secondary N) is 2. The Morgan fingerprint density at radius 2 is 1.60 bits per heavy atom. The summed E-state index contributed by atoms with van der Waals surface area (Å²) in [6.07, 6.45) is 0. The van der Waals surface area contributed by atoms with Gasteiger partial charge in [-0.2, -0.15) is 0 Å². The first kappa shape index (κ1) is 25.1. The molecule has 0 spiro atoms. The number of alkyl halides is 2. The van der Waals surface area contributed by atoms with Gasteiger partial charge in [0.2, 0.25) is 0 Å². The third-order valence-electron chi connectivity index (χ3n) is 5.59. The van der Waals surface area contributed by atoms with E-state index in [1.165, 1.54) is 0 Å². The average molecular weight is 529 g/mol. The first-order valence-electron chi connectivity index (χ1n) is 11.0. The van der Waals surface area contributed by atoms with Crippen molar-refractivity contribution in [2.45, 2.75) is 0 Å². The summed E-state index contributed by atoms with van der Waals surface area (Å²) in [5.74, 6) is 6.16. The fourth-order valence-electron chi connectivity index (χ4n) is 4.03. The molecule has 0 aliphatic rings. The lowest BCUT2D eigenvalue weighted by Crippen LogP contribution is -2.34. The normalized spacial score (nSPS) is 10.9.